The van der Waals surface area contributed by atoms with Crippen molar-refractivity contribution in [1.29, 1.82) is 0 Å². The van der Waals surface area contributed by atoms with Gasteiger partial charge in [-0.2, -0.15) is 0 Å². The van der Waals surface area contributed by atoms with E-state index >= 15 is 0 Å². The minimum Gasteiger partial charge on any atom is -0.378 e. The maximum Gasteiger partial charge on any atom is 0.135 e. The molecule has 0 aliphatic carbocycles. The predicted octanol–water partition coefficient (Wildman–Crippen LogP) is 1.10. The standard InChI is InChI=1S/C7H16FNO/c1-2-3-4-10-6-7(8)5-9/h7H,2-6,9H2,1H3. The second-order valence-corrected chi connectivity index (χ2v) is 2.26. The minimum absolute atomic E-state index is 0.0616. The maximum atomic E-state index is 12.3. The summed E-state index contributed by atoms with van der Waals surface area (Å²) in [5.74, 6) is 0. The highest BCUT2D eigenvalue weighted by Gasteiger charge is 2.01. The van der Waals surface area contributed by atoms with Crippen LogP contribution in [0.2, 0.25) is 0 Å². The van der Waals surface area contributed by atoms with Crippen molar-refractivity contribution in [3.8, 4) is 0 Å². The van der Waals surface area contributed by atoms with Gasteiger partial charge in [0.2, 0.25) is 0 Å². The van der Waals surface area contributed by atoms with Crippen LogP contribution < -0.4 is 5.73 Å². The molecule has 0 saturated carbocycles. The number of rotatable bonds is 6. The molecule has 0 bridgehead atoms. The molecule has 0 amide bonds. The van der Waals surface area contributed by atoms with Crippen molar-refractivity contribution in [2.45, 2.75) is 25.9 Å². The molecule has 2 N–H and O–H groups in total. The largest absolute Gasteiger partial charge is 0.378 e. The Balaban J connectivity index is 2.89. The number of hydrogen-bond acceptors (Lipinski definition) is 2. The van der Waals surface area contributed by atoms with Gasteiger partial charge in [-0.25, -0.2) is 4.39 Å². The van der Waals surface area contributed by atoms with E-state index in [1.165, 1.54) is 0 Å². The third-order valence-corrected chi connectivity index (χ3v) is 1.20. The van der Waals surface area contributed by atoms with Gasteiger partial charge in [-0.3, -0.25) is 0 Å². The second-order valence-electron chi connectivity index (χ2n) is 2.26. The van der Waals surface area contributed by atoms with Gasteiger partial charge in [0, 0.05) is 13.2 Å². The topological polar surface area (TPSA) is 35.2 Å². The molecule has 0 aliphatic heterocycles. The zero-order valence-corrected chi connectivity index (χ0v) is 6.48. The quantitative estimate of drug-likeness (QED) is 0.574. The van der Waals surface area contributed by atoms with Crippen molar-refractivity contribution in [3.05, 3.63) is 0 Å². The Kier molecular flexibility index (Phi) is 6.86. The van der Waals surface area contributed by atoms with Crippen molar-refractivity contribution in [3.63, 3.8) is 0 Å². The fraction of sp³-hybridized carbons (Fsp3) is 1.00. The molecule has 1 atom stereocenters. The lowest BCUT2D eigenvalue weighted by Crippen LogP contribution is -2.21. The first-order chi connectivity index (χ1) is 4.81. The summed E-state index contributed by atoms with van der Waals surface area (Å²) in [7, 11) is 0. The van der Waals surface area contributed by atoms with Crippen molar-refractivity contribution in [2.24, 2.45) is 5.73 Å². The van der Waals surface area contributed by atoms with Crippen LogP contribution in [0.5, 0.6) is 0 Å². The number of hydrogen-bond donors (Lipinski definition) is 1. The molecule has 0 heterocycles. The molecule has 1 unspecified atom stereocenters. The number of ether oxygens (including phenoxy) is 1. The summed E-state index contributed by atoms with van der Waals surface area (Å²) in [5.41, 5.74) is 5.03. The molecule has 0 spiro atoms. The Morgan fingerprint density at radius 1 is 1.60 bits per heavy atom. The van der Waals surface area contributed by atoms with Gasteiger partial charge in [0.25, 0.3) is 0 Å². The predicted molar refractivity (Wildman–Crippen MR) is 39.7 cm³/mol. The number of unbranched alkanes of at least 4 members (excludes halogenated alkanes) is 1. The fourth-order valence-electron chi connectivity index (χ4n) is 0.526. The van der Waals surface area contributed by atoms with E-state index in [1.807, 2.05) is 0 Å². The Bertz CT molecular complexity index is 70.6. The molecule has 0 fully saturated rings. The SMILES string of the molecule is CCCCOCC(F)CN. The van der Waals surface area contributed by atoms with E-state index in [0.29, 0.717) is 6.61 Å². The Labute approximate surface area is 61.5 Å². The van der Waals surface area contributed by atoms with E-state index in [9.17, 15) is 4.39 Å². The summed E-state index contributed by atoms with van der Waals surface area (Å²) in [6.45, 7) is 2.93. The van der Waals surface area contributed by atoms with Gasteiger partial charge in [-0.05, 0) is 6.42 Å². The van der Waals surface area contributed by atoms with E-state index in [0.717, 1.165) is 12.8 Å². The fourth-order valence-corrected chi connectivity index (χ4v) is 0.526. The van der Waals surface area contributed by atoms with Crippen LogP contribution in [0.15, 0.2) is 0 Å². The van der Waals surface area contributed by atoms with Crippen LogP contribution in [0.3, 0.4) is 0 Å². The monoisotopic (exact) mass is 149 g/mol. The van der Waals surface area contributed by atoms with Crippen LogP contribution >= 0.6 is 0 Å². The van der Waals surface area contributed by atoms with Gasteiger partial charge in [0.05, 0.1) is 6.61 Å². The first kappa shape index (κ1) is 9.85. The molecule has 0 saturated heterocycles. The summed E-state index contributed by atoms with van der Waals surface area (Å²) in [6, 6.07) is 0. The Morgan fingerprint density at radius 2 is 2.30 bits per heavy atom. The Morgan fingerprint density at radius 3 is 2.80 bits per heavy atom. The molecule has 10 heavy (non-hydrogen) atoms. The van der Waals surface area contributed by atoms with Crippen LogP contribution in [0.25, 0.3) is 0 Å². The van der Waals surface area contributed by atoms with E-state index in [1.54, 1.807) is 0 Å². The molecule has 0 aromatic carbocycles. The van der Waals surface area contributed by atoms with Gasteiger partial charge in [-0.15, -0.1) is 0 Å². The zero-order valence-electron chi connectivity index (χ0n) is 6.48. The lowest BCUT2D eigenvalue weighted by Gasteiger charge is -2.05. The third kappa shape index (κ3) is 5.98. The highest BCUT2D eigenvalue weighted by molar-refractivity contribution is 4.52. The summed E-state index contributed by atoms with van der Waals surface area (Å²) in [6.07, 6.45) is 1.09. The smallest absolute Gasteiger partial charge is 0.135 e. The summed E-state index contributed by atoms with van der Waals surface area (Å²) < 4.78 is 17.3. The third-order valence-electron chi connectivity index (χ3n) is 1.20. The van der Waals surface area contributed by atoms with Gasteiger partial charge in [0.1, 0.15) is 6.17 Å². The molecule has 0 aromatic rings. The van der Waals surface area contributed by atoms with Crippen LogP contribution in [-0.2, 0) is 4.74 Å². The first-order valence-corrected chi connectivity index (χ1v) is 3.73. The number of halogens is 1. The Hall–Kier alpha value is -0.150. The molecule has 62 valence electrons. The summed E-state index contributed by atoms with van der Waals surface area (Å²) in [4.78, 5) is 0. The van der Waals surface area contributed by atoms with Crippen molar-refractivity contribution < 1.29 is 9.13 Å². The summed E-state index contributed by atoms with van der Waals surface area (Å²) in [5, 5.41) is 0. The minimum atomic E-state index is -0.989. The average molecular weight is 149 g/mol. The molecule has 0 aromatic heterocycles. The van der Waals surface area contributed by atoms with E-state index in [-0.39, 0.29) is 13.2 Å². The lowest BCUT2D eigenvalue weighted by atomic mass is 10.3. The molecular weight excluding hydrogens is 133 g/mol. The van der Waals surface area contributed by atoms with Crippen LogP contribution in [0.4, 0.5) is 4.39 Å². The van der Waals surface area contributed by atoms with Gasteiger partial charge in [-0.1, -0.05) is 13.3 Å². The summed E-state index contributed by atoms with van der Waals surface area (Å²) >= 11 is 0. The van der Waals surface area contributed by atoms with E-state index in [4.69, 9.17) is 10.5 Å². The highest BCUT2D eigenvalue weighted by Crippen LogP contribution is 1.92. The lowest BCUT2D eigenvalue weighted by molar-refractivity contribution is 0.0819. The first-order valence-electron chi connectivity index (χ1n) is 3.73. The molecule has 2 nitrogen and oxygen atoms in total. The van der Waals surface area contributed by atoms with Gasteiger partial charge in [0.15, 0.2) is 0 Å². The van der Waals surface area contributed by atoms with Crippen molar-refractivity contribution in [1.82, 2.24) is 0 Å². The molecular formula is C7H16FNO. The van der Waals surface area contributed by atoms with Gasteiger partial charge < -0.3 is 10.5 Å². The normalized spacial score (nSPS) is 13.5. The number of nitrogens with two attached hydrogens (primary N) is 1. The van der Waals surface area contributed by atoms with Crippen LogP contribution in [0.1, 0.15) is 19.8 Å². The van der Waals surface area contributed by atoms with Crippen molar-refractivity contribution in [2.75, 3.05) is 19.8 Å². The van der Waals surface area contributed by atoms with Crippen molar-refractivity contribution >= 4 is 0 Å². The van der Waals surface area contributed by atoms with Crippen LogP contribution in [-0.4, -0.2) is 25.9 Å². The highest BCUT2D eigenvalue weighted by atomic mass is 19.1. The van der Waals surface area contributed by atoms with E-state index in [2.05, 4.69) is 6.92 Å². The molecule has 0 radical (unpaired) electrons. The zero-order chi connectivity index (χ0) is 7.82. The number of alkyl halides is 1. The molecule has 0 aliphatic rings. The molecule has 3 heteroatoms. The molecule has 0 rings (SSSR count). The van der Waals surface area contributed by atoms with Crippen LogP contribution in [0, 0.1) is 0 Å². The average Bonchev–Trinajstić information content (AvgIpc) is 1.98. The van der Waals surface area contributed by atoms with Gasteiger partial charge >= 0.3 is 0 Å². The maximum absolute atomic E-state index is 12.3. The van der Waals surface area contributed by atoms with E-state index < -0.39 is 6.17 Å². The second kappa shape index (κ2) is 6.96.